The van der Waals surface area contributed by atoms with E-state index in [0.29, 0.717) is 0 Å². The first-order chi connectivity index (χ1) is 3.84. The second kappa shape index (κ2) is 2.53. The third-order valence-electron chi connectivity index (χ3n) is 1.43. The smallest absolute Gasteiger partial charge is 0.0632 e. The number of thiocarbonyl (C=S) groups is 1. The zero-order valence-electron chi connectivity index (χ0n) is 4.58. The molecular weight excluding hydrogens is 122 g/mol. The summed E-state index contributed by atoms with van der Waals surface area (Å²) in [4.78, 5) is 0. The Morgan fingerprint density at radius 2 is 2.50 bits per heavy atom. The van der Waals surface area contributed by atoms with Crippen molar-refractivity contribution in [3.8, 4) is 0 Å². The summed E-state index contributed by atoms with van der Waals surface area (Å²) in [5.41, 5.74) is 0. The van der Waals surface area contributed by atoms with Crippen LogP contribution in [0.5, 0.6) is 0 Å². The molecule has 1 N–H and O–H groups in total. The second-order valence-corrected chi connectivity index (χ2v) is 2.28. The summed E-state index contributed by atoms with van der Waals surface area (Å²) in [5, 5.41) is 11.8. The molecule has 8 heavy (non-hydrogen) atoms. The van der Waals surface area contributed by atoms with E-state index < -0.39 is 0 Å². The number of hydrogen-bond donors (Lipinski definition) is 1. The summed E-state index contributed by atoms with van der Waals surface area (Å²) in [6.07, 6.45) is 2.08. The molecule has 46 valence electrons. The fourth-order valence-electron chi connectivity index (χ4n) is 0.916. The molecule has 0 aliphatic carbocycles. The molecule has 1 saturated heterocycles. The lowest BCUT2D eigenvalue weighted by atomic mass is 10.3. The van der Waals surface area contributed by atoms with Crippen LogP contribution >= 0.6 is 12.2 Å². The maximum Gasteiger partial charge on any atom is 0.0632 e. The third kappa shape index (κ3) is 1.05. The fourth-order valence-corrected chi connectivity index (χ4v) is 1.19. The Morgan fingerprint density at radius 3 is 2.75 bits per heavy atom. The Bertz CT molecular complexity index is 96.4. The average Bonchev–Trinajstić information content (AvgIpc) is 2.14. The van der Waals surface area contributed by atoms with Crippen molar-refractivity contribution in [3.63, 3.8) is 0 Å². The van der Waals surface area contributed by atoms with Gasteiger partial charge in [0.15, 0.2) is 0 Å². The zero-order valence-corrected chi connectivity index (χ0v) is 5.40. The van der Waals surface area contributed by atoms with Crippen molar-refractivity contribution in [2.24, 2.45) is 0 Å². The molecule has 1 aliphatic heterocycles. The molecule has 0 radical (unpaired) electrons. The minimum absolute atomic E-state index is 0.144. The topological polar surface area (TPSA) is 23.5 Å². The van der Waals surface area contributed by atoms with E-state index in [4.69, 9.17) is 5.21 Å². The summed E-state index contributed by atoms with van der Waals surface area (Å²) in [7, 11) is 0. The molecule has 0 aromatic carbocycles. The van der Waals surface area contributed by atoms with Crippen LogP contribution in [-0.2, 0) is 0 Å². The molecule has 1 rings (SSSR count). The Labute approximate surface area is 54.1 Å². The maximum atomic E-state index is 8.92. The van der Waals surface area contributed by atoms with Crippen LogP contribution in [0.1, 0.15) is 12.8 Å². The van der Waals surface area contributed by atoms with Crippen LogP contribution in [0.25, 0.3) is 0 Å². The SMILES string of the molecule is ON1CCCC1C=S. The molecule has 1 aliphatic rings. The summed E-state index contributed by atoms with van der Waals surface area (Å²) in [5.74, 6) is 0. The molecule has 1 fully saturated rings. The fraction of sp³-hybridized carbons (Fsp3) is 0.800. The van der Waals surface area contributed by atoms with E-state index in [0.717, 1.165) is 19.4 Å². The van der Waals surface area contributed by atoms with E-state index in [1.807, 2.05) is 0 Å². The largest absolute Gasteiger partial charge is 0.313 e. The molecule has 1 unspecified atom stereocenters. The molecule has 0 spiro atoms. The second-order valence-electron chi connectivity index (χ2n) is 2.01. The number of rotatable bonds is 1. The van der Waals surface area contributed by atoms with Gasteiger partial charge in [0.2, 0.25) is 0 Å². The molecule has 3 heteroatoms. The van der Waals surface area contributed by atoms with Gasteiger partial charge in [-0.25, -0.2) is 0 Å². The molecular formula is C5H9NOS. The Balaban J connectivity index is 2.41. The van der Waals surface area contributed by atoms with Crippen LogP contribution in [0.15, 0.2) is 0 Å². The lowest BCUT2D eigenvalue weighted by molar-refractivity contribution is -0.0823. The van der Waals surface area contributed by atoms with Gasteiger partial charge in [-0.15, -0.1) is 0 Å². The molecule has 0 amide bonds. The van der Waals surface area contributed by atoms with Crippen molar-refractivity contribution in [1.29, 1.82) is 0 Å². The van der Waals surface area contributed by atoms with Gasteiger partial charge in [-0.3, -0.25) is 0 Å². The van der Waals surface area contributed by atoms with Crippen LogP contribution < -0.4 is 0 Å². The highest BCUT2D eigenvalue weighted by Gasteiger charge is 2.19. The summed E-state index contributed by atoms with van der Waals surface area (Å²) in [6, 6.07) is 0.144. The van der Waals surface area contributed by atoms with Gasteiger partial charge in [0.1, 0.15) is 0 Å². The van der Waals surface area contributed by atoms with Gasteiger partial charge in [-0.2, -0.15) is 5.06 Å². The highest BCUT2D eigenvalue weighted by molar-refractivity contribution is 7.79. The van der Waals surface area contributed by atoms with Crippen molar-refractivity contribution in [3.05, 3.63) is 0 Å². The van der Waals surface area contributed by atoms with Crippen molar-refractivity contribution in [1.82, 2.24) is 5.06 Å². The van der Waals surface area contributed by atoms with Gasteiger partial charge in [0.05, 0.1) is 6.04 Å². The van der Waals surface area contributed by atoms with E-state index in [-0.39, 0.29) is 6.04 Å². The predicted molar refractivity (Wildman–Crippen MR) is 35.2 cm³/mol. The first kappa shape index (κ1) is 6.13. The van der Waals surface area contributed by atoms with Crippen molar-refractivity contribution >= 4 is 17.6 Å². The lowest BCUT2D eigenvalue weighted by Gasteiger charge is -2.10. The predicted octanol–water partition coefficient (Wildman–Crippen LogP) is 0.840. The van der Waals surface area contributed by atoms with Crippen LogP contribution in [0.3, 0.4) is 0 Å². The van der Waals surface area contributed by atoms with Gasteiger partial charge >= 0.3 is 0 Å². The molecule has 0 saturated carbocycles. The Kier molecular flexibility index (Phi) is 1.94. The summed E-state index contributed by atoms with van der Waals surface area (Å²) < 4.78 is 0. The van der Waals surface area contributed by atoms with Crippen molar-refractivity contribution in [2.45, 2.75) is 18.9 Å². The van der Waals surface area contributed by atoms with E-state index in [1.54, 1.807) is 5.37 Å². The van der Waals surface area contributed by atoms with E-state index in [2.05, 4.69) is 12.2 Å². The summed E-state index contributed by atoms with van der Waals surface area (Å²) in [6.45, 7) is 0.776. The Hall–Kier alpha value is 0.01000. The van der Waals surface area contributed by atoms with Gasteiger partial charge in [0, 0.05) is 6.54 Å². The Morgan fingerprint density at radius 1 is 1.75 bits per heavy atom. The van der Waals surface area contributed by atoms with Crippen LogP contribution in [0, 0.1) is 0 Å². The normalized spacial score (nSPS) is 30.9. The molecule has 0 aromatic rings. The zero-order chi connectivity index (χ0) is 5.98. The van der Waals surface area contributed by atoms with Gasteiger partial charge in [-0.05, 0) is 18.2 Å². The first-order valence-electron chi connectivity index (χ1n) is 2.75. The van der Waals surface area contributed by atoms with Gasteiger partial charge in [0.25, 0.3) is 0 Å². The maximum absolute atomic E-state index is 8.92. The van der Waals surface area contributed by atoms with Crippen molar-refractivity contribution < 1.29 is 5.21 Å². The third-order valence-corrected chi connectivity index (χ3v) is 1.74. The quantitative estimate of drug-likeness (QED) is 0.533. The van der Waals surface area contributed by atoms with E-state index >= 15 is 0 Å². The minimum atomic E-state index is 0.144. The van der Waals surface area contributed by atoms with Crippen molar-refractivity contribution in [2.75, 3.05) is 6.54 Å². The van der Waals surface area contributed by atoms with E-state index in [1.165, 1.54) is 5.06 Å². The number of hydroxylamine groups is 2. The number of hydrogen-bond acceptors (Lipinski definition) is 3. The molecule has 1 heterocycles. The molecule has 0 aromatic heterocycles. The summed E-state index contributed by atoms with van der Waals surface area (Å²) >= 11 is 4.66. The van der Waals surface area contributed by atoms with E-state index in [9.17, 15) is 0 Å². The van der Waals surface area contributed by atoms with Crippen LogP contribution in [-0.4, -0.2) is 28.2 Å². The monoisotopic (exact) mass is 131 g/mol. The van der Waals surface area contributed by atoms with Gasteiger partial charge in [-0.1, -0.05) is 12.2 Å². The highest BCUT2D eigenvalue weighted by Crippen LogP contribution is 2.11. The standard InChI is InChI=1S/C5H9NOS/c7-6-3-1-2-5(6)4-8/h4-5,7H,1-3H2. The minimum Gasteiger partial charge on any atom is -0.313 e. The number of nitrogens with zero attached hydrogens (tertiary/aromatic N) is 1. The average molecular weight is 131 g/mol. The first-order valence-corrected chi connectivity index (χ1v) is 3.22. The molecule has 1 atom stereocenters. The van der Waals surface area contributed by atoms with Crippen LogP contribution in [0.4, 0.5) is 0 Å². The van der Waals surface area contributed by atoms with Gasteiger partial charge < -0.3 is 5.21 Å². The lowest BCUT2D eigenvalue weighted by Crippen LogP contribution is -2.25. The highest BCUT2D eigenvalue weighted by atomic mass is 32.1. The molecule has 2 nitrogen and oxygen atoms in total. The van der Waals surface area contributed by atoms with Crippen LogP contribution in [0.2, 0.25) is 0 Å². The molecule has 0 bridgehead atoms.